The summed E-state index contributed by atoms with van der Waals surface area (Å²) in [6.07, 6.45) is 11.6. The van der Waals surface area contributed by atoms with Gasteiger partial charge in [-0.15, -0.1) is 11.8 Å². The summed E-state index contributed by atoms with van der Waals surface area (Å²) < 4.78 is 128. The third kappa shape index (κ3) is 26.1. The molecule has 710 valence electrons. The summed E-state index contributed by atoms with van der Waals surface area (Å²) in [5.74, 6) is 17.0. The van der Waals surface area contributed by atoms with Gasteiger partial charge in [-0.2, -0.15) is 0 Å². The van der Waals surface area contributed by atoms with Crippen molar-refractivity contribution in [2.24, 2.45) is 0 Å². The Bertz CT molecular complexity index is 5870. The summed E-state index contributed by atoms with van der Waals surface area (Å²) in [5.41, 5.74) is 14.1. The molecule has 0 spiro atoms. The fraction of sp³-hybridized carbons (Fsp3) is 0.271. The van der Waals surface area contributed by atoms with Gasteiger partial charge >= 0.3 is 0 Å². The average molecular weight is 1920 g/mol. The summed E-state index contributed by atoms with van der Waals surface area (Å²) in [4.78, 5) is 0. The molecular weight excluding hydrogens is 1800 g/mol. The highest BCUT2D eigenvalue weighted by Crippen LogP contribution is 2.56. The van der Waals surface area contributed by atoms with E-state index in [-0.39, 0.29) is 22.6 Å². The highest BCUT2D eigenvalue weighted by atomic mass is 79.9. The average Bonchev–Trinajstić information content (AvgIpc) is 1.59. The minimum atomic E-state index is -1.03. The van der Waals surface area contributed by atoms with Gasteiger partial charge in [0.15, 0.2) is 0 Å². The number of halogens is 1. The van der Waals surface area contributed by atoms with E-state index >= 15 is 0 Å². The van der Waals surface area contributed by atoms with Crippen molar-refractivity contribution in [3.8, 4) is 132 Å². The van der Waals surface area contributed by atoms with E-state index in [9.17, 15) is 5.11 Å². The Hall–Kier alpha value is -14.0. The molecule has 0 saturated carbocycles. The van der Waals surface area contributed by atoms with Gasteiger partial charge in [-0.05, 0) is 193 Å². The molecule has 12 aromatic carbocycles. The van der Waals surface area contributed by atoms with E-state index in [4.69, 9.17) is 109 Å². The van der Waals surface area contributed by atoms with Crippen LogP contribution in [0.25, 0.3) is 36.5 Å². The first-order valence-corrected chi connectivity index (χ1v) is 43.7. The highest BCUT2D eigenvalue weighted by Gasteiger charge is 2.40. The van der Waals surface area contributed by atoms with E-state index in [1.807, 2.05) is 170 Å². The zero-order valence-corrected chi connectivity index (χ0v) is 82.3. The second-order valence-electron chi connectivity index (χ2n) is 29.4. The molecule has 3 N–H and O–H groups in total. The summed E-state index contributed by atoms with van der Waals surface area (Å²) >= 11 is 5.33. The molecule has 0 saturated heterocycles. The number of ether oxygens (including phenoxy) is 23. The lowest BCUT2D eigenvalue weighted by atomic mass is 9.81. The van der Waals surface area contributed by atoms with E-state index in [1.54, 1.807) is 200 Å². The van der Waals surface area contributed by atoms with Crippen LogP contribution in [0.1, 0.15) is 107 Å². The molecule has 0 fully saturated rings. The van der Waals surface area contributed by atoms with Crippen molar-refractivity contribution in [1.82, 2.24) is 0 Å². The predicted octanol–water partition coefficient (Wildman–Crippen LogP) is 22.0. The Balaban J connectivity index is 0.000000204. The van der Waals surface area contributed by atoms with Crippen LogP contribution >= 0.6 is 27.7 Å². The molecule has 0 bridgehead atoms. The van der Waals surface area contributed by atoms with Gasteiger partial charge in [0.1, 0.15) is 138 Å². The molecule has 1 aliphatic carbocycles. The largest absolute Gasteiger partial charge is 0.497 e. The zero-order valence-electron chi connectivity index (χ0n) is 79.9. The summed E-state index contributed by atoms with van der Waals surface area (Å²) in [6, 6.07) is 63.6. The maximum Gasteiger partial charge on any atom is 0.137 e. The maximum absolute atomic E-state index is 11.4. The number of methoxy groups -OCH3 is 23. The van der Waals surface area contributed by atoms with Gasteiger partial charge < -0.3 is 120 Å². The Morgan fingerprint density at radius 1 is 0.291 bits per heavy atom. The van der Waals surface area contributed by atoms with E-state index < -0.39 is 6.10 Å². The number of hydrogen-bond acceptors (Lipinski definition) is 25. The van der Waals surface area contributed by atoms with Crippen LogP contribution in [0.4, 0.5) is 0 Å². The van der Waals surface area contributed by atoms with Crippen molar-refractivity contribution < 1.29 is 120 Å². The van der Waals surface area contributed by atoms with Crippen LogP contribution in [-0.4, -0.2) is 174 Å². The third-order valence-electron chi connectivity index (χ3n) is 22.2. The first-order chi connectivity index (χ1) is 64.6. The molecule has 0 aliphatic heterocycles. The molecule has 0 aromatic heterocycles. The Labute approximate surface area is 798 Å². The molecule has 25 nitrogen and oxygen atoms in total. The number of rotatable bonds is 38. The van der Waals surface area contributed by atoms with Crippen molar-refractivity contribution in [3.63, 3.8) is 0 Å². The number of aliphatic hydroxyl groups is 1. The molecule has 0 radical (unpaired) electrons. The molecular formula is C107H119BrO25S. The topological polar surface area (TPSA) is 264 Å². The molecule has 0 amide bonds. The molecule has 2 unspecified atom stereocenters. The zero-order chi connectivity index (χ0) is 95.8. The van der Waals surface area contributed by atoms with E-state index in [0.29, 0.717) is 91.4 Å². The number of benzene rings is 12. The number of thioether (sulfide) groups is 1. The Morgan fingerprint density at radius 2 is 0.619 bits per heavy atom. The highest BCUT2D eigenvalue weighted by molar-refractivity contribution is 9.10. The number of aliphatic hydroxyl groups excluding tert-OH is 1. The summed E-state index contributed by atoms with van der Waals surface area (Å²) in [5, 5.41) is 11.3. The Kier molecular flexibility index (Phi) is 39.6. The fourth-order valence-electron chi connectivity index (χ4n) is 15.3. The minimum absolute atomic E-state index is 0. The van der Waals surface area contributed by atoms with Crippen LogP contribution < -0.4 is 109 Å². The number of fused-ring (bicyclic) bond motifs is 1. The fourth-order valence-corrected chi connectivity index (χ4v) is 17.1. The lowest BCUT2D eigenvalue weighted by molar-refractivity contribution is 0.213. The molecule has 134 heavy (non-hydrogen) atoms. The van der Waals surface area contributed by atoms with Crippen molar-refractivity contribution in [3.05, 3.63) is 288 Å². The molecule has 12 aromatic rings. The van der Waals surface area contributed by atoms with Crippen LogP contribution in [0, 0.1) is 0 Å². The molecule has 4 atom stereocenters. The van der Waals surface area contributed by atoms with E-state index in [1.165, 1.54) is 11.1 Å². The van der Waals surface area contributed by atoms with E-state index in [2.05, 4.69) is 58.4 Å². The van der Waals surface area contributed by atoms with Crippen LogP contribution in [0.3, 0.4) is 0 Å². The van der Waals surface area contributed by atoms with Crippen molar-refractivity contribution in [2.45, 2.75) is 35.4 Å². The monoisotopic (exact) mass is 1910 g/mol. The van der Waals surface area contributed by atoms with Gasteiger partial charge in [0.05, 0.1) is 173 Å². The van der Waals surface area contributed by atoms with Crippen molar-refractivity contribution >= 4 is 64.1 Å². The number of hydrogen-bond donors (Lipinski definition) is 1. The van der Waals surface area contributed by atoms with Gasteiger partial charge in [0.2, 0.25) is 0 Å². The van der Waals surface area contributed by atoms with Gasteiger partial charge in [0, 0.05) is 112 Å². The standard InChI is InChI=1S/C35H38O7S.C27H30O7.C27H30O6.C18H19BrO4.H2O/c1-36-27-12-9-23(10-13-27)22-43-35(26-17-30(39-4)20-31(18-26)40-5)34-25(16-32(41-6)21-33(34)42-7)11-8-24-14-28(37-2)19-29(15-24)38-3;1-29-20-10-9-17(24(15-20)33-5)7-8-18-11-23(32-4)16-25(34-6)26(18)27(28)19-12-21(30-2)14-22(13-19)31-3;1-28-18-7-8-22(24(14-18)32-5)23-12-17-11-21(31-4)15-25(33-6)27(17)26(23)16-9-19(29-2)13-20(10-16)30-3;1-20-14-8-7-12(16(10-14)22-3)5-6-13-9-15(21-2)11-17(23-4)18(13)19;/h8-21,35H,22H2,1-7H3;7-16,27-28H,1-6H3;7-11,13-15,23,26H,12H2,1-6H3;5-11H,1-4H3;1H2/b11-8+;8-7+;;6-5+;/t;;23-,26-;;/m..1../s1. The summed E-state index contributed by atoms with van der Waals surface area (Å²) in [6.45, 7) is 0. The predicted molar refractivity (Wildman–Crippen MR) is 532 cm³/mol. The van der Waals surface area contributed by atoms with Crippen molar-refractivity contribution in [1.29, 1.82) is 0 Å². The van der Waals surface area contributed by atoms with Gasteiger partial charge in [-0.1, -0.05) is 54.7 Å². The third-order valence-corrected chi connectivity index (χ3v) is 24.3. The molecule has 0 heterocycles. The minimum Gasteiger partial charge on any atom is -0.497 e. The van der Waals surface area contributed by atoms with Crippen LogP contribution in [0.15, 0.2) is 205 Å². The normalized spacial score (nSPS) is 12.6. The van der Waals surface area contributed by atoms with Crippen LogP contribution in [0.2, 0.25) is 0 Å². The first-order valence-electron chi connectivity index (χ1n) is 41.8. The molecule has 13 rings (SSSR count). The SMILES string of the molecule is COc1cc(OC)cc(C(O)c2c(/C=C/c3ccc(OC)cc3OC)cc(OC)cc2OC)c1.COc1cc(OC)cc([C@H]2c3c(cc(OC)cc3OC)C[C@@H]2c2ccc(OC)cc2OC)c1.COc1ccc(/C=C/c2cc(OC)cc(OC)c2Br)c(OC)c1.COc1ccc(CSC(c2cc(OC)cc(OC)c2)c2c(/C=C/c3cc(OC)cc(OC)c3)cc(OC)cc2OC)cc1.O. The van der Waals surface area contributed by atoms with Gasteiger partial charge in [-0.3, -0.25) is 0 Å². The lowest BCUT2D eigenvalue weighted by Gasteiger charge is -2.25. The second-order valence-corrected chi connectivity index (χ2v) is 31.3. The van der Waals surface area contributed by atoms with Crippen LogP contribution in [0.5, 0.6) is 132 Å². The lowest BCUT2D eigenvalue weighted by Crippen LogP contribution is -2.11. The maximum atomic E-state index is 11.4. The Morgan fingerprint density at radius 3 is 1.06 bits per heavy atom. The van der Waals surface area contributed by atoms with Gasteiger partial charge in [-0.25, -0.2) is 0 Å². The van der Waals surface area contributed by atoms with Crippen molar-refractivity contribution in [2.75, 3.05) is 164 Å². The van der Waals surface area contributed by atoms with Gasteiger partial charge in [0.25, 0.3) is 0 Å². The second kappa shape index (κ2) is 51.1. The quantitative estimate of drug-likeness (QED) is 0.0352. The van der Waals surface area contributed by atoms with Crippen LogP contribution in [-0.2, 0) is 12.2 Å². The molecule has 27 heteroatoms. The van der Waals surface area contributed by atoms with E-state index in [0.717, 1.165) is 130 Å². The summed E-state index contributed by atoms with van der Waals surface area (Å²) in [7, 11) is 37.6. The first kappa shape index (κ1) is 104. The molecule has 1 aliphatic rings. The smallest absolute Gasteiger partial charge is 0.137 e.